The van der Waals surface area contributed by atoms with Gasteiger partial charge in [0, 0.05) is 12.5 Å². The van der Waals surface area contributed by atoms with Crippen molar-refractivity contribution in [2.75, 3.05) is 0 Å². The molecular weight excluding hydrogens is 202 g/mol. The van der Waals surface area contributed by atoms with Gasteiger partial charge < -0.3 is 15.2 Å². The van der Waals surface area contributed by atoms with Crippen molar-refractivity contribution in [1.29, 1.82) is 0 Å². The maximum Gasteiger partial charge on any atom is 0.0895 e. The van der Waals surface area contributed by atoms with Crippen LogP contribution in [-0.2, 0) is 9.47 Å². The number of rotatable bonds is 2. The molecule has 1 aliphatic heterocycles. The number of nitrogens with two attached hydrogens (primary N) is 1. The molecule has 2 fully saturated rings. The van der Waals surface area contributed by atoms with Crippen LogP contribution in [-0.4, -0.2) is 29.5 Å². The van der Waals surface area contributed by atoms with Crippen molar-refractivity contribution < 1.29 is 9.47 Å². The summed E-state index contributed by atoms with van der Waals surface area (Å²) in [6.07, 6.45) is 4.78. The van der Waals surface area contributed by atoms with Gasteiger partial charge in [-0.1, -0.05) is 0 Å². The highest BCUT2D eigenvalue weighted by Gasteiger charge is 2.48. The number of hydrogen-bond donors (Lipinski definition) is 1. The van der Waals surface area contributed by atoms with Crippen LogP contribution in [0.1, 0.15) is 53.4 Å². The zero-order valence-corrected chi connectivity index (χ0v) is 11.0. The Bertz CT molecular complexity index is 263. The molecule has 0 bridgehead atoms. The maximum absolute atomic E-state index is 6.19. The molecule has 94 valence electrons. The normalized spacial score (nSPS) is 41.4. The molecule has 0 aromatic carbocycles. The van der Waals surface area contributed by atoms with Crippen LogP contribution in [0.3, 0.4) is 0 Å². The Morgan fingerprint density at radius 1 is 1.19 bits per heavy atom. The quantitative estimate of drug-likeness (QED) is 0.786. The molecule has 1 heterocycles. The summed E-state index contributed by atoms with van der Waals surface area (Å²) in [6, 6.07) is 0.222. The molecule has 2 N–H and O–H groups in total. The van der Waals surface area contributed by atoms with Crippen LogP contribution in [0.25, 0.3) is 0 Å². The predicted octanol–water partition coefficient (Wildman–Crippen LogP) is 2.23. The first-order chi connectivity index (χ1) is 7.30. The summed E-state index contributed by atoms with van der Waals surface area (Å²) in [4.78, 5) is 0. The van der Waals surface area contributed by atoms with Gasteiger partial charge in [0.2, 0.25) is 0 Å². The summed E-state index contributed by atoms with van der Waals surface area (Å²) in [6.45, 7) is 8.50. The van der Waals surface area contributed by atoms with Gasteiger partial charge in [0.25, 0.3) is 0 Å². The monoisotopic (exact) mass is 227 g/mol. The van der Waals surface area contributed by atoms with Crippen molar-refractivity contribution in [3.05, 3.63) is 0 Å². The third kappa shape index (κ3) is 2.41. The molecule has 0 aromatic rings. The maximum atomic E-state index is 6.19. The van der Waals surface area contributed by atoms with Crippen molar-refractivity contribution >= 4 is 0 Å². The van der Waals surface area contributed by atoms with Gasteiger partial charge >= 0.3 is 0 Å². The van der Waals surface area contributed by atoms with E-state index in [0.717, 1.165) is 19.3 Å². The Kier molecular flexibility index (Phi) is 3.06. The summed E-state index contributed by atoms with van der Waals surface area (Å²) < 4.78 is 12.2. The van der Waals surface area contributed by atoms with Gasteiger partial charge in [0.1, 0.15) is 0 Å². The van der Waals surface area contributed by atoms with Gasteiger partial charge in [0.15, 0.2) is 0 Å². The fourth-order valence-corrected chi connectivity index (χ4v) is 3.06. The molecule has 2 rings (SSSR count). The molecule has 3 unspecified atom stereocenters. The van der Waals surface area contributed by atoms with E-state index in [1.165, 1.54) is 6.42 Å². The highest BCUT2D eigenvalue weighted by Crippen LogP contribution is 2.40. The van der Waals surface area contributed by atoms with E-state index in [1.54, 1.807) is 0 Å². The molecule has 1 saturated heterocycles. The van der Waals surface area contributed by atoms with E-state index in [9.17, 15) is 0 Å². The van der Waals surface area contributed by atoms with Gasteiger partial charge in [-0.15, -0.1) is 0 Å². The van der Waals surface area contributed by atoms with Crippen molar-refractivity contribution in [2.24, 2.45) is 5.73 Å². The number of ether oxygens (including phenoxy) is 2. The summed E-state index contributed by atoms with van der Waals surface area (Å²) in [5, 5.41) is 0. The average molecular weight is 227 g/mol. The topological polar surface area (TPSA) is 44.5 Å². The minimum Gasteiger partial charge on any atom is -0.370 e. The Hall–Kier alpha value is -0.120. The second-order valence-electron chi connectivity index (χ2n) is 6.43. The lowest BCUT2D eigenvalue weighted by molar-refractivity contribution is -0.119. The van der Waals surface area contributed by atoms with Crippen molar-refractivity contribution in [2.45, 2.75) is 82.8 Å². The largest absolute Gasteiger partial charge is 0.370 e. The smallest absolute Gasteiger partial charge is 0.0895 e. The molecule has 0 amide bonds. The fraction of sp³-hybridized carbons (Fsp3) is 1.00. The zero-order chi connectivity index (χ0) is 12.0. The first kappa shape index (κ1) is 12.3. The molecule has 1 saturated carbocycles. The summed E-state index contributed by atoms with van der Waals surface area (Å²) in [7, 11) is 0. The van der Waals surface area contributed by atoms with Crippen LogP contribution in [0.5, 0.6) is 0 Å². The van der Waals surface area contributed by atoms with Gasteiger partial charge in [-0.3, -0.25) is 0 Å². The minimum atomic E-state index is -0.189. The fourth-order valence-electron chi connectivity index (χ4n) is 3.06. The van der Waals surface area contributed by atoms with Gasteiger partial charge in [-0.05, 0) is 47.0 Å². The number of hydrogen-bond acceptors (Lipinski definition) is 3. The Labute approximate surface area is 98.7 Å². The first-order valence-corrected chi connectivity index (χ1v) is 6.41. The van der Waals surface area contributed by atoms with Crippen LogP contribution in [0.2, 0.25) is 0 Å². The molecule has 3 heteroatoms. The first-order valence-electron chi connectivity index (χ1n) is 6.41. The molecule has 3 nitrogen and oxygen atoms in total. The van der Waals surface area contributed by atoms with Crippen LogP contribution >= 0.6 is 0 Å². The van der Waals surface area contributed by atoms with E-state index in [0.29, 0.717) is 0 Å². The van der Waals surface area contributed by atoms with E-state index in [1.807, 2.05) is 0 Å². The third-order valence-electron chi connectivity index (χ3n) is 3.83. The second kappa shape index (κ2) is 3.97. The Morgan fingerprint density at radius 3 is 2.31 bits per heavy atom. The molecular formula is C13H25NO2. The molecule has 0 spiro atoms. The standard InChI is InChI=1S/C13H25NO2/c1-12(2)8-11(13(3,4)16-12)15-10-7-5-6-9(10)14/h9-11H,5-8,14H2,1-4H3. The van der Waals surface area contributed by atoms with Crippen LogP contribution < -0.4 is 5.73 Å². The van der Waals surface area contributed by atoms with E-state index in [-0.39, 0.29) is 29.5 Å². The van der Waals surface area contributed by atoms with E-state index < -0.39 is 0 Å². The Morgan fingerprint density at radius 2 is 1.88 bits per heavy atom. The molecule has 3 atom stereocenters. The van der Waals surface area contributed by atoms with Crippen LogP contribution in [0, 0.1) is 0 Å². The second-order valence-corrected chi connectivity index (χ2v) is 6.43. The minimum absolute atomic E-state index is 0.0726. The van der Waals surface area contributed by atoms with Gasteiger partial charge in [0.05, 0.1) is 23.4 Å². The lowest BCUT2D eigenvalue weighted by Crippen LogP contribution is -2.41. The van der Waals surface area contributed by atoms with E-state index >= 15 is 0 Å². The highest BCUT2D eigenvalue weighted by molar-refractivity contribution is 4.97. The van der Waals surface area contributed by atoms with Gasteiger partial charge in [-0.2, -0.15) is 0 Å². The lowest BCUT2D eigenvalue weighted by Gasteiger charge is -2.30. The lowest BCUT2D eigenvalue weighted by atomic mass is 9.97. The van der Waals surface area contributed by atoms with E-state index in [4.69, 9.17) is 15.2 Å². The predicted molar refractivity (Wildman–Crippen MR) is 64.3 cm³/mol. The van der Waals surface area contributed by atoms with Crippen molar-refractivity contribution in [3.8, 4) is 0 Å². The van der Waals surface area contributed by atoms with E-state index in [2.05, 4.69) is 27.7 Å². The highest BCUT2D eigenvalue weighted by atomic mass is 16.6. The van der Waals surface area contributed by atoms with Crippen LogP contribution in [0.4, 0.5) is 0 Å². The Balaban J connectivity index is 1.99. The molecule has 0 aromatic heterocycles. The van der Waals surface area contributed by atoms with Crippen molar-refractivity contribution in [3.63, 3.8) is 0 Å². The third-order valence-corrected chi connectivity index (χ3v) is 3.83. The average Bonchev–Trinajstić information content (AvgIpc) is 2.56. The zero-order valence-electron chi connectivity index (χ0n) is 11.0. The molecule has 16 heavy (non-hydrogen) atoms. The van der Waals surface area contributed by atoms with Crippen LogP contribution in [0.15, 0.2) is 0 Å². The summed E-state index contributed by atoms with van der Waals surface area (Å²) >= 11 is 0. The molecule has 2 aliphatic rings. The molecule has 0 radical (unpaired) electrons. The van der Waals surface area contributed by atoms with Crippen molar-refractivity contribution in [1.82, 2.24) is 0 Å². The molecule has 1 aliphatic carbocycles. The SMILES string of the molecule is CC1(C)CC(OC2CCCC2N)C(C)(C)O1. The summed E-state index contributed by atoms with van der Waals surface area (Å²) in [5.41, 5.74) is 5.79. The van der Waals surface area contributed by atoms with Gasteiger partial charge in [-0.25, -0.2) is 0 Å². The summed E-state index contributed by atoms with van der Waals surface area (Å²) in [5.74, 6) is 0.